The van der Waals surface area contributed by atoms with E-state index in [-0.39, 0.29) is 18.9 Å². The summed E-state index contributed by atoms with van der Waals surface area (Å²) >= 11 is 0. The number of carbonyl (C=O) groups excluding carboxylic acids is 1. The van der Waals surface area contributed by atoms with Gasteiger partial charge >= 0.3 is 5.97 Å². The van der Waals surface area contributed by atoms with Crippen LogP contribution in [0.1, 0.15) is 23.8 Å². The second-order valence-corrected chi connectivity index (χ2v) is 4.04. The van der Waals surface area contributed by atoms with Crippen LogP contribution in [0, 0.1) is 0 Å². The Morgan fingerprint density at radius 1 is 1.30 bits per heavy atom. The Bertz CT molecular complexity index is 601. The van der Waals surface area contributed by atoms with Gasteiger partial charge in [-0.3, -0.25) is 0 Å². The molecule has 2 aromatic rings. The quantitative estimate of drug-likeness (QED) is 0.637. The van der Waals surface area contributed by atoms with E-state index in [0.29, 0.717) is 29.7 Å². The van der Waals surface area contributed by atoms with Crippen LogP contribution in [-0.2, 0) is 4.74 Å². The van der Waals surface area contributed by atoms with Crippen molar-refractivity contribution in [3.05, 3.63) is 30.0 Å². The lowest BCUT2D eigenvalue weighted by molar-refractivity contribution is 0.0513. The third-order valence-corrected chi connectivity index (χ3v) is 2.64. The number of hydrogen-bond donors (Lipinski definition) is 1. The molecule has 1 aromatic carbocycles. The minimum Gasteiger partial charge on any atom is -0.490 e. The molecule has 106 valence electrons. The molecule has 6 nitrogen and oxygen atoms in total. The third kappa shape index (κ3) is 3.03. The fraction of sp³-hybridized carbons (Fsp3) is 0.357. The zero-order chi connectivity index (χ0) is 14.4. The number of rotatable bonds is 6. The van der Waals surface area contributed by atoms with Crippen LogP contribution < -0.4 is 4.74 Å². The highest BCUT2D eigenvalue weighted by Crippen LogP contribution is 2.27. The minimum absolute atomic E-state index is 0.0190. The molecule has 0 radical (unpaired) electrons. The first-order valence-corrected chi connectivity index (χ1v) is 6.44. The number of carbonyl (C=O) groups is 1. The number of nitrogens with zero attached hydrogens (tertiary/aromatic N) is 2. The molecule has 0 aliphatic carbocycles. The van der Waals surface area contributed by atoms with Crippen molar-refractivity contribution >= 4 is 16.9 Å². The van der Waals surface area contributed by atoms with Crippen molar-refractivity contribution in [3.63, 3.8) is 0 Å². The highest BCUT2D eigenvalue weighted by Gasteiger charge is 2.19. The number of aromatic nitrogens is 2. The maximum atomic E-state index is 11.9. The van der Waals surface area contributed by atoms with Gasteiger partial charge in [-0.25, -0.2) is 4.79 Å². The van der Waals surface area contributed by atoms with E-state index in [1.165, 1.54) is 0 Å². The number of aliphatic hydroxyl groups excluding tert-OH is 1. The predicted octanol–water partition coefficient (Wildman–Crippen LogP) is 1.57. The van der Waals surface area contributed by atoms with Crippen molar-refractivity contribution in [1.82, 2.24) is 10.2 Å². The maximum Gasteiger partial charge on any atom is 0.362 e. The van der Waals surface area contributed by atoms with E-state index >= 15 is 0 Å². The zero-order valence-electron chi connectivity index (χ0n) is 11.2. The molecule has 0 aliphatic heterocycles. The van der Waals surface area contributed by atoms with Gasteiger partial charge in [-0.05, 0) is 19.1 Å². The molecule has 6 heteroatoms. The lowest BCUT2D eigenvalue weighted by Crippen LogP contribution is -2.12. The van der Waals surface area contributed by atoms with Crippen LogP contribution in [0.2, 0.25) is 0 Å². The van der Waals surface area contributed by atoms with E-state index in [0.717, 1.165) is 0 Å². The number of hydrogen-bond acceptors (Lipinski definition) is 6. The number of aliphatic hydroxyl groups is 1. The Kier molecular flexibility index (Phi) is 4.84. The average molecular weight is 276 g/mol. The number of fused-ring (bicyclic) bond motifs is 1. The third-order valence-electron chi connectivity index (χ3n) is 2.64. The molecule has 0 saturated carbocycles. The van der Waals surface area contributed by atoms with Gasteiger partial charge in [0.25, 0.3) is 0 Å². The van der Waals surface area contributed by atoms with E-state index in [1.807, 2.05) is 12.1 Å². The van der Waals surface area contributed by atoms with Crippen LogP contribution in [0.25, 0.3) is 10.9 Å². The standard InChI is InChI=1S/C14H16N2O4/c1-2-19-14(18)12-13(20-9-5-8-17)10-6-3-4-7-11(10)15-16-12/h3-4,6-7,17H,2,5,8-9H2,1H3. The summed E-state index contributed by atoms with van der Waals surface area (Å²) in [6.45, 7) is 2.28. The van der Waals surface area contributed by atoms with E-state index in [2.05, 4.69) is 10.2 Å². The number of esters is 1. The Morgan fingerprint density at radius 2 is 2.10 bits per heavy atom. The monoisotopic (exact) mass is 276 g/mol. The molecule has 1 N–H and O–H groups in total. The smallest absolute Gasteiger partial charge is 0.362 e. The molecule has 20 heavy (non-hydrogen) atoms. The summed E-state index contributed by atoms with van der Waals surface area (Å²) in [6, 6.07) is 7.26. The van der Waals surface area contributed by atoms with Crippen molar-refractivity contribution in [2.75, 3.05) is 19.8 Å². The van der Waals surface area contributed by atoms with Crippen LogP contribution in [0.3, 0.4) is 0 Å². The second-order valence-electron chi connectivity index (χ2n) is 4.04. The van der Waals surface area contributed by atoms with Gasteiger partial charge in [-0.1, -0.05) is 12.1 Å². The summed E-state index contributed by atoms with van der Waals surface area (Å²) in [7, 11) is 0. The number of ether oxygens (including phenoxy) is 2. The van der Waals surface area contributed by atoms with Crippen molar-refractivity contribution in [2.45, 2.75) is 13.3 Å². The minimum atomic E-state index is -0.565. The fourth-order valence-electron chi connectivity index (χ4n) is 1.75. The van der Waals surface area contributed by atoms with E-state index in [4.69, 9.17) is 14.6 Å². The molecule has 0 bridgehead atoms. The number of benzene rings is 1. The Hall–Kier alpha value is -2.21. The van der Waals surface area contributed by atoms with Crippen LogP contribution in [0.5, 0.6) is 5.75 Å². The second kappa shape index (κ2) is 6.81. The van der Waals surface area contributed by atoms with E-state index in [1.54, 1.807) is 19.1 Å². The summed E-state index contributed by atoms with van der Waals surface area (Å²) in [5, 5.41) is 17.4. The molecule has 2 rings (SSSR count). The van der Waals surface area contributed by atoms with Gasteiger partial charge in [0.2, 0.25) is 5.69 Å². The molecule has 0 saturated heterocycles. The summed E-state index contributed by atoms with van der Waals surface area (Å²) in [5.74, 6) is -0.216. The SMILES string of the molecule is CCOC(=O)c1nnc2ccccc2c1OCCCO. The molecule has 0 fully saturated rings. The summed E-state index contributed by atoms with van der Waals surface area (Å²) in [6.07, 6.45) is 0.471. The van der Waals surface area contributed by atoms with Crippen LogP contribution in [0.15, 0.2) is 24.3 Å². The van der Waals surface area contributed by atoms with Gasteiger partial charge in [-0.2, -0.15) is 0 Å². The summed E-state index contributed by atoms with van der Waals surface area (Å²) in [4.78, 5) is 11.9. The van der Waals surface area contributed by atoms with Crippen molar-refractivity contribution < 1.29 is 19.4 Å². The Balaban J connectivity index is 2.44. The average Bonchev–Trinajstić information content (AvgIpc) is 2.47. The highest BCUT2D eigenvalue weighted by molar-refractivity contribution is 5.97. The topological polar surface area (TPSA) is 81.5 Å². The van der Waals surface area contributed by atoms with E-state index < -0.39 is 5.97 Å². The Morgan fingerprint density at radius 3 is 2.85 bits per heavy atom. The highest BCUT2D eigenvalue weighted by atomic mass is 16.5. The van der Waals surface area contributed by atoms with Crippen LogP contribution >= 0.6 is 0 Å². The molecular weight excluding hydrogens is 260 g/mol. The maximum absolute atomic E-state index is 11.9. The lowest BCUT2D eigenvalue weighted by Gasteiger charge is -2.11. The van der Waals surface area contributed by atoms with Gasteiger partial charge in [-0.15, -0.1) is 10.2 Å². The first kappa shape index (κ1) is 14.2. The predicted molar refractivity (Wildman–Crippen MR) is 72.7 cm³/mol. The molecule has 0 unspecified atom stereocenters. The molecule has 0 spiro atoms. The van der Waals surface area contributed by atoms with Crippen LogP contribution in [0.4, 0.5) is 0 Å². The molecule has 0 aliphatic rings. The van der Waals surface area contributed by atoms with E-state index in [9.17, 15) is 4.79 Å². The first-order valence-electron chi connectivity index (χ1n) is 6.44. The Labute approximate surface area is 116 Å². The molecule has 0 amide bonds. The van der Waals surface area contributed by atoms with Crippen molar-refractivity contribution in [2.24, 2.45) is 0 Å². The van der Waals surface area contributed by atoms with Gasteiger partial charge < -0.3 is 14.6 Å². The fourth-order valence-corrected chi connectivity index (χ4v) is 1.75. The van der Waals surface area contributed by atoms with Gasteiger partial charge in [0, 0.05) is 18.4 Å². The summed E-state index contributed by atoms with van der Waals surface area (Å²) < 4.78 is 10.5. The molecule has 1 heterocycles. The van der Waals surface area contributed by atoms with Gasteiger partial charge in [0.1, 0.15) is 0 Å². The zero-order valence-corrected chi connectivity index (χ0v) is 11.2. The van der Waals surface area contributed by atoms with Crippen molar-refractivity contribution in [1.29, 1.82) is 0 Å². The van der Waals surface area contributed by atoms with Gasteiger partial charge in [0.15, 0.2) is 5.75 Å². The normalized spacial score (nSPS) is 10.5. The molecule has 0 atom stereocenters. The first-order chi connectivity index (χ1) is 9.77. The molecule has 1 aromatic heterocycles. The molecular formula is C14H16N2O4. The van der Waals surface area contributed by atoms with Crippen LogP contribution in [-0.4, -0.2) is 41.1 Å². The lowest BCUT2D eigenvalue weighted by atomic mass is 10.2. The van der Waals surface area contributed by atoms with Gasteiger partial charge in [0.05, 0.1) is 18.7 Å². The summed E-state index contributed by atoms with van der Waals surface area (Å²) in [5.41, 5.74) is 0.697. The van der Waals surface area contributed by atoms with Crippen molar-refractivity contribution in [3.8, 4) is 5.75 Å². The largest absolute Gasteiger partial charge is 0.490 e.